The molecule has 0 saturated carbocycles. The van der Waals surface area contributed by atoms with E-state index in [1.54, 1.807) is 0 Å². The zero-order valence-electron chi connectivity index (χ0n) is 12.7. The van der Waals surface area contributed by atoms with Crippen LogP contribution in [-0.2, 0) is 4.79 Å². The van der Waals surface area contributed by atoms with Crippen molar-refractivity contribution in [2.24, 2.45) is 11.8 Å². The minimum atomic E-state index is 0.0712. The lowest BCUT2D eigenvalue weighted by atomic mass is 9.91. The van der Waals surface area contributed by atoms with Crippen molar-refractivity contribution >= 4 is 5.91 Å². The fraction of sp³-hybridized carbons (Fsp3) is 0.929. The molecule has 18 heavy (non-hydrogen) atoms. The number of nitrogens with two attached hydrogens (primary N) is 1. The van der Waals surface area contributed by atoms with E-state index >= 15 is 0 Å². The first-order valence-electron chi connectivity index (χ1n) is 7.31. The molecule has 0 aromatic rings. The first-order chi connectivity index (χ1) is 8.40. The van der Waals surface area contributed by atoms with Crippen molar-refractivity contribution < 1.29 is 15.0 Å². The Morgan fingerprint density at radius 1 is 1.33 bits per heavy atom. The third-order valence-corrected chi connectivity index (χ3v) is 3.73. The van der Waals surface area contributed by atoms with Gasteiger partial charge in [0.15, 0.2) is 6.04 Å². The van der Waals surface area contributed by atoms with Gasteiger partial charge in [-0.25, -0.2) is 0 Å². The van der Waals surface area contributed by atoms with Gasteiger partial charge in [-0.1, -0.05) is 13.8 Å². The summed E-state index contributed by atoms with van der Waals surface area (Å²) in [5.41, 5.74) is 0. The summed E-state index contributed by atoms with van der Waals surface area (Å²) < 4.78 is 0. The predicted octanol–water partition coefficient (Wildman–Crippen LogP) is -1.41. The van der Waals surface area contributed by atoms with Crippen LogP contribution in [0.25, 0.3) is 0 Å². The molecule has 4 heteroatoms. The van der Waals surface area contributed by atoms with Crippen LogP contribution in [0.3, 0.4) is 0 Å². The lowest BCUT2D eigenvalue weighted by molar-refractivity contribution is -0.875. The number of quaternary nitrogens is 2. The van der Waals surface area contributed by atoms with E-state index in [1.165, 1.54) is 11.3 Å². The first kappa shape index (κ1) is 15.4. The smallest absolute Gasteiger partial charge is 0.280 e. The molecule has 0 bridgehead atoms. The van der Waals surface area contributed by atoms with E-state index in [-0.39, 0.29) is 6.04 Å². The number of hydrogen-bond donors (Lipinski definition) is 2. The molecule has 0 spiro atoms. The van der Waals surface area contributed by atoms with Crippen molar-refractivity contribution in [3.63, 3.8) is 0 Å². The number of likely N-dealkylation sites (N-methyl/N-ethyl adjacent to an activating group) is 1. The Kier molecular flexibility index (Phi) is 6.09. The molecule has 106 valence electrons. The van der Waals surface area contributed by atoms with Crippen LogP contribution in [0, 0.1) is 11.8 Å². The zero-order chi connectivity index (χ0) is 13.7. The standard InChI is InChI=1S/C14H29N3O/c1-11-8-12(2)10-17(9-11)14(18)13(3)15-6-7-16(4)5/h11-13,15H,6-10H2,1-5H3/p+2/t11-,12-,13+/m0/s1. The fourth-order valence-electron chi connectivity index (χ4n) is 2.85. The maximum absolute atomic E-state index is 12.4. The van der Waals surface area contributed by atoms with Crippen molar-refractivity contribution in [2.45, 2.75) is 33.2 Å². The number of nitrogens with zero attached hydrogens (tertiary/aromatic N) is 1. The molecule has 3 atom stereocenters. The molecular formula is C14H31N3O+2. The number of carbonyl (C=O) groups excluding carboxylic acids is 1. The van der Waals surface area contributed by atoms with E-state index in [2.05, 4.69) is 38.2 Å². The summed E-state index contributed by atoms with van der Waals surface area (Å²) in [6, 6.07) is 0.0712. The third-order valence-electron chi connectivity index (χ3n) is 3.73. The Morgan fingerprint density at radius 2 is 1.89 bits per heavy atom. The van der Waals surface area contributed by atoms with Crippen LogP contribution < -0.4 is 10.2 Å². The Bertz CT molecular complexity index is 258. The Balaban J connectivity index is 2.38. The minimum Gasteiger partial charge on any atom is -0.337 e. The van der Waals surface area contributed by atoms with Crippen LogP contribution in [-0.4, -0.2) is 57.1 Å². The van der Waals surface area contributed by atoms with Gasteiger partial charge >= 0.3 is 0 Å². The van der Waals surface area contributed by atoms with Gasteiger partial charge in [-0.3, -0.25) is 4.79 Å². The lowest BCUT2D eigenvalue weighted by Crippen LogP contribution is -3.10. The summed E-state index contributed by atoms with van der Waals surface area (Å²) >= 11 is 0. The van der Waals surface area contributed by atoms with Crippen molar-refractivity contribution in [3.05, 3.63) is 0 Å². The maximum Gasteiger partial charge on any atom is 0.280 e. The second-order valence-electron chi connectivity index (χ2n) is 6.46. The van der Waals surface area contributed by atoms with Crippen LogP contribution in [0.15, 0.2) is 0 Å². The van der Waals surface area contributed by atoms with E-state index in [0.717, 1.165) is 26.2 Å². The van der Waals surface area contributed by atoms with Gasteiger partial charge in [0.25, 0.3) is 5.91 Å². The second-order valence-corrected chi connectivity index (χ2v) is 6.46. The highest BCUT2D eigenvalue weighted by atomic mass is 16.2. The van der Waals surface area contributed by atoms with Gasteiger partial charge in [0.05, 0.1) is 14.1 Å². The van der Waals surface area contributed by atoms with Gasteiger partial charge in [-0.15, -0.1) is 0 Å². The number of amides is 1. The summed E-state index contributed by atoms with van der Waals surface area (Å²) in [6.45, 7) is 10.6. The van der Waals surface area contributed by atoms with Crippen LogP contribution >= 0.6 is 0 Å². The summed E-state index contributed by atoms with van der Waals surface area (Å²) in [6.07, 6.45) is 1.26. The Hall–Kier alpha value is -0.610. The minimum absolute atomic E-state index is 0.0712. The molecule has 1 aliphatic rings. The number of nitrogens with one attached hydrogen (secondary N) is 1. The highest BCUT2D eigenvalue weighted by molar-refractivity contribution is 5.80. The zero-order valence-corrected chi connectivity index (χ0v) is 12.7. The van der Waals surface area contributed by atoms with Crippen LogP contribution in [0.4, 0.5) is 0 Å². The number of hydrogen-bond acceptors (Lipinski definition) is 1. The predicted molar refractivity (Wildman–Crippen MR) is 73.5 cm³/mol. The molecule has 3 N–H and O–H groups in total. The molecule has 4 nitrogen and oxygen atoms in total. The summed E-state index contributed by atoms with van der Waals surface area (Å²) in [5, 5.41) is 2.18. The number of rotatable bonds is 5. The average molecular weight is 257 g/mol. The molecule has 0 aliphatic carbocycles. The molecule has 0 aromatic carbocycles. The number of piperidine rings is 1. The first-order valence-corrected chi connectivity index (χ1v) is 7.31. The van der Waals surface area contributed by atoms with Gasteiger partial charge in [0.1, 0.15) is 13.1 Å². The molecule has 1 amide bonds. The molecular weight excluding hydrogens is 226 g/mol. The molecule has 1 rings (SSSR count). The van der Waals surface area contributed by atoms with Crippen molar-refractivity contribution in [3.8, 4) is 0 Å². The van der Waals surface area contributed by atoms with Crippen LogP contribution in [0.5, 0.6) is 0 Å². The van der Waals surface area contributed by atoms with Gasteiger partial charge in [-0.2, -0.15) is 0 Å². The van der Waals surface area contributed by atoms with Crippen LogP contribution in [0.1, 0.15) is 27.2 Å². The van der Waals surface area contributed by atoms with Gasteiger partial charge in [-0.05, 0) is 25.2 Å². The Labute approximate surface area is 112 Å². The summed E-state index contributed by atoms with van der Waals surface area (Å²) in [5.74, 6) is 1.62. The van der Waals surface area contributed by atoms with Gasteiger partial charge < -0.3 is 15.1 Å². The largest absolute Gasteiger partial charge is 0.337 e. The molecule has 0 unspecified atom stereocenters. The summed E-state index contributed by atoms with van der Waals surface area (Å²) in [7, 11) is 4.29. The topological polar surface area (TPSA) is 41.4 Å². The molecule has 0 aromatic heterocycles. The highest BCUT2D eigenvalue weighted by Crippen LogP contribution is 2.20. The van der Waals surface area contributed by atoms with Crippen molar-refractivity contribution in [1.82, 2.24) is 4.90 Å². The SMILES string of the molecule is C[C@H]1C[C@H](C)CN(C(=O)[C@@H](C)[NH2+]CC[NH+](C)C)C1. The average Bonchev–Trinajstić information content (AvgIpc) is 2.26. The number of carbonyl (C=O) groups is 1. The maximum atomic E-state index is 12.4. The normalized spacial score (nSPS) is 26.4. The van der Waals surface area contributed by atoms with E-state index in [1.807, 2.05) is 6.92 Å². The van der Waals surface area contributed by atoms with E-state index in [9.17, 15) is 4.79 Å². The Morgan fingerprint density at radius 3 is 2.39 bits per heavy atom. The van der Waals surface area contributed by atoms with Gasteiger partial charge in [0.2, 0.25) is 0 Å². The molecule has 1 saturated heterocycles. The summed E-state index contributed by atoms with van der Waals surface area (Å²) in [4.78, 5) is 15.9. The van der Waals surface area contributed by atoms with Crippen LogP contribution in [0.2, 0.25) is 0 Å². The molecule has 1 heterocycles. The monoisotopic (exact) mass is 257 g/mol. The fourth-order valence-corrected chi connectivity index (χ4v) is 2.85. The highest BCUT2D eigenvalue weighted by Gasteiger charge is 2.29. The van der Waals surface area contributed by atoms with Crippen molar-refractivity contribution in [2.75, 3.05) is 40.3 Å². The second kappa shape index (κ2) is 7.10. The van der Waals surface area contributed by atoms with Gasteiger partial charge in [0, 0.05) is 13.1 Å². The molecule has 1 fully saturated rings. The lowest BCUT2D eigenvalue weighted by Gasteiger charge is -2.35. The van der Waals surface area contributed by atoms with E-state index < -0.39 is 0 Å². The third kappa shape index (κ3) is 4.94. The quantitative estimate of drug-likeness (QED) is 0.624. The molecule has 1 aliphatic heterocycles. The van der Waals surface area contributed by atoms with E-state index in [4.69, 9.17) is 0 Å². The van der Waals surface area contributed by atoms with E-state index in [0.29, 0.717) is 17.7 Å². The molecule has 0 radical (unpaired) electrons. The van der Waals surface area contributed by atoms with Crippen molar-refractivity contribution in [1.29, 1.82) is 0 Å². The number of likely N-dealkylation sites (tertiary alicyclic amines) is 1.